The van der Waals surface area contributed by atoms with Gasteiger partial charge in [-0.2, -0.15) is 0 Å². The van der Waals surface area contributed by atoms with E-state index in [1.54, 1.807) is 0 Å². The third kappa shape index (κ3) is 40.6. The van der Waals surface area contributed by atoms with Crippen molar-refractivity contribution in [2.75, 3.05) is 0 Å². The number of carbonyl (C=O) groups is 4. The Hall–Kier alpha value is -1.80. The molecule has 0 saturated carbocycles. The minimum Gasteiger partial charge on any atom is -0.391 e. The van der Waals surface area contributed by atoms with E-state index in [4.69, 9.17) is 10.2 Å². The molecule has 0 aromatic heterocycles. The van der Waals surface area contributed by atoms with E-state index in [1.807, 2.05) is 0 Å². The highest BCUT2D eigenvalue weighted by atomic mass is 16.6. The van der Waals surface area contributed by atoms with Crippen molar-refractivity contribution < 1.29 is 38.9 Å². The standard InChI is InChI=1S/2C21H40O4/c2*1-3-4-5-6-7-8-9-10-11-12-13-14-15-16-17-18-20(23)25-21(24)19(2)22/h2*19,22H,3-18H2,1-2H3. The lowest BCUT2D eigenvalue weighted by Crippen LogP contribution is -2.22. The summed E-state index contributed by atoms with van der Waals surface area (Å²) >= 11 is 0. The monoisotopic (exact) mass is 713 g/mol. The van der Waals surface area contributed by atoms with Crippen LogP contribution in [-0.4, -0.2) is 46.3 Å². The van der Waals surface area contributed by atoms with E-state index in [1.165, 1.54) is 168 Å². The second-order valence-electron chi connectivity index (χ2n) is 14.3. The summed E-state index contributed by atoms with van der Waals surface area (Å²) in [7, 11) is 0. The maximum absolute atomic E-state index is 11.3. The van der Waals surface area contributed by atoms with E-state index in [0.29, 0.717) is 0 Å². The lowest BCUT2D eigenvalue weighted by atomic mass is 10.0. The Labute approximate surface area is 307 Å². The van der Waals surface area contributed by atoms with E-state index in [0.717, 1.165) is 38.5 Å². The first kappa shape index (κ1) is 50.3. The van der Waals surface area contributed by atoms with Crippen LogP contribution in [0.25, 0.3) is 0 Å². The van der Waals surface area contributed by atoms with Crippen LogP contribution in [0, 0.1) is 0 Å². The number of carbonyl (C=O) groups excluding carboxylic acids is 4. The van der Waals surface area contributed by atoms with Crippen molar-refractivity contribution in [3.8, 4) is 0 Å². The van der Waals surface area contributed by atoms with Crippen LogP contribution in [0.1, 0.15) is 233 Å². The molecule has 50 heavy (non-hydrogen) atoms. The molecule has 0 spiro atoms. The molecule has 0 rings (SSSR count). The molecule has 2 N–H and O–H groups in total. The molecule has 0 radical (unpaired) electrons. The van der Waals surface area contributed by atoms with Crippen LogP contribution >= 0.6 is 0 Å². The van der Waals surface area contributed by atoms with Crippen molar-refractivity contribution in [2.45, 2.75) is 245 Å². The van der Waals surface area contributed by atoms with Gasteiger partial charge in [0.2, 0.25) is 0 Å². The smallest absolute Gasteiger partial charge is 0.342 e. The van der Waals surface area contributed by atoms with Crippen LogP contribution in [-0.2, 0) is 28.7 Å². The van der Waals surface area contributed by atoms with E-state index in [2.05, 4.69) is 23.3 Å². The summed E-state index contributed by atoms with van der Waals surface area (Å²) in [5, 5.41) is 17.9. The van der Waals surface area contributed by atoms with E-state index in [-0.39, 0.29) is 12.8 Å². The zero-order valence-corrected chi connectivity index (χ0v) is 33.1. The fourth-order valence-corrected chi connectivity index (χ4v) is 5.78. The first-order valence-corrected chi connectivity index (χ1v) is 21.0. The van der Waals surface area contributed by atoms with E-state index in [9.17, 15) is 19.2 Å². The number of rotatable bonds is 34. The maximum atomic E-state index is 11.3. The summed E-state index contributed by atoms with van der Waals surface area (Å²) in [5.41, 5.74) is 0. The van der Waals surface area contributed by atoms with Crippen molar-refractivity contribution in [3.05, 3.63) is 0 Å². The molecule has 8 heteroatoms. The van der Waals surface area contributed by atoms with Gasteiger partial charge in [0.05, 0.1) is 0 Å². The van der Waals surface area contributed by atoms with Gasteiger partial charge in [-0.05, 0) is 26.7 Å². The van der Waals surface area contributed by atoms with Crippen LogP contribution in [0.15, 0.2) is 0 Å². The molecule has 296 valence electrons. The highest BCUT2D eigenvalue weighted by Gasteiger charge is 2.15. The normalized spacial score (nSPS) is 12.1. The van der Waals surface area contributed by atoms with Gasteiger partial charge >= 0.3 is 23.9 Å². The molecule has 0 heterocycles. The van der Waals surface area contributed by atoms with Gasteiger partial charge in [0.25, 0.3) is 0 Å². The number of aliphatic hydroxyl groups is 2. The van der Waals surface area contributed by atoms with Crippen molar-refractivity contribution in [1.82, 2.24) is 0 Å². The molecule has 0 aliphatic rings. The topological polar surface area (TPSA) is 127 Å². The molecule has 2 atom stereocenters. The van der Waals surface area contributed by atoms with Gasteiger partial charge in [-0.15, -0.1) is 0 Å². The molecule has 0 fully saturated rings. The van der Waals surface area contributed by atoms with Crippen molar-refractivity contribution in [3.63, 3.8) is 0 Å². The number of ether oxygens (including phenoxy) is 2. The molecular weight excluding hydrogens is 632 g/mol. The van der Waals surface area contributed by atoms with Gasteiger partial charge in [-0.1, -0.05) is 194 Å². The summed E-state index contributed by atoms with van der Waals surface area (Å²) in [6.07, 6.45) is 36.4. The number of hydrogen-bond donors (Lipinski definition) is 2. The zero-order chi connectivity index (χ0) is 37.5. The zero-order valence-electron chi connectivity index (χ0n) is 33.1. The highest BCUT2D eigenvalue weighted by molar-refractivity contribution is 5.88. The van der Waals surface area contributed by atoms with Crippen LogP contribution in [0.5, 0.6) is 0 Å². The molecule has 2 unspecified atom stereocenters. The largest absolute Gasteiger partial charge is 0.391 e. The maximum Gasteiger partial charge on any atom is 0.342 e. The Morgan fingerprint density at radius 3 is 0.720 bits per heavy atom. The molecule has 0 aromatic carbocycles. The second-order valence-corrected chi connectivity index (χ2v) is 14.3. The summed E-state index contributed by atoms with van der Waals surface area (Å²) < 4.78 is 9.01. The van der Waals surface area contributed by atoms with Crippen molar-refractivity contribution >= 4 is 23.9 Å². The Bertz CT molecular complexity index is 716. The quantitative estimate of drug-likeness (QED) is 0.0383. The molecule has 0 aliphatic heterocycles. The molecule has 0 amide bonds. The summed E-state index contributed by atoms with van der Waals surface area (Å²) in [6.45, 7) is 7.11. The van der Waals surface area contributed by atoms with Gasteiger partial charge < -0.3 is 19.7 Å². The Morgan fingerprint density at radius 1 is 0.360 bits per heavy atom. The molecular formula is C42H80O8. The SMILES string of the molecule is CCCCCCCCCCCCCCCCCC(=O)OC(=O)C(C)O.CCCCCCCCCCCCCCCCCC(=O)OC(=O)C(C)O. The fourth-order valence-electron chi connectivity index (χ4n) is 5.78. The van der Waals surface area contributed by atoms with Crippen LogP contribution in [0.4, 0.5) is 0 Å². The van der Waals surface area contributed by atoms with Gasteiger partial charge in [0.1, 0.15) is 12.2 Å². The van der Waals surface area contributed by atoms with Crippen LogP contribution in [0.2, 0.25) is 0 Å². The van der Waals surface area contributed by atoms with E-state index < -0.39 is 36.1 Å². The number of esters is 4. The highest BCUT2D eigenvalue weighted by Crippen LogP contribution is 2.15. The van der Waals surface area contributed by atoms with Crippen LogP contribution in [0.3, 0.4) is 0 Å². The second kappa shape index (κ2) is 40.0. The first-order chi connectivity index (χ1) is 24.1. The molecule has 0 aliphatic carbocycles. The Morgan fingerprint density at radius 2 is 0.540 bits per heavy atom. The summed E-state index contributed by atoms with van der Waals surface area (Å²) in [6, 6.07) is 0. The number of hydrogen-bond acceptors (Lipinski definition) is 8. The molecule has 0 bridgehead atoms. The fraction of sp³-hybridized carbons (Fsp3) is 0.905. The minimum absolute atomic E-state index is 0.261. The van der Waals surface area contributed by atoms with E-state index >= 15 is 0 Å². The van der Waals surface area contributed by atoms with Gasteiger partial charge in [0, 0.05) is 12.8 Å². The van der Waals surface area contributed by atoms with Crippen molar-refractivity contribution in [2.24, 2.45) is 0 Å². The average Bonchev–Trinajstić information content (AvgIpc) is 3.08. The molecule has 8 nitrogen and oxygen atoms in total. The molecule has 0 saturated heterocycles. The van der Waals surface area contributed by atoms with Crippen molar-refractivity contribution in [1.29, 1.82) is 0 Å². The first-order valence-electron chi connectivity index (χ1n) is 21.0. The van der Waals surface area contributed by atoms with Gasteiger partial charge in [-0.3, -0.25) is 9.59 Å². The lowest BCUT2D eigenvalue weighted by molar-refractivity contribution is -0.166. The van der Waals surface area contributed by atoms with Gasteiger partial charge in [-0.25, -0.2) is 9.59 Å². The number of unbranched alkanes of at least 4 members (excludes halogenated alkanes) is 28. The van der Waals surface area contributed by atoms with Gasteiger partial charge in [0.15, 0.2) is 0 Å². The molecule has 0 aromatic rings. The Kier molecular flexibility index (Phi) is 40.2. The van der Waals surface area contributed by atoms with Crippen LogP contribution < -0.4 is 0 Å². The summed E-state index contributed by atoms with van der Waals surface area (Å²) in [5.74, 6) is -2.77. The lowest BCUT2D eigenvalue weighted by Gasteiger charge is -2.05. The third-order valence-corrected chi connectivity index (χ3v) is 9.08. The summed E-state index contributed by atoms with van der Waals surface area (Å²) in [4.78, 5) is 44.7. The predicted octanol–water partition coefficient (Wildman–Crippen LogP) is 11.4. The third-order valence-electron chi connectivity index (χ3n) is 9.08. The average molecular weight is 713 g/mol. The minimum atomic E-state index is -1.23. The Balaban J connectivity index is 0. The predicted molar refractivity (Wildman–Crippen MR) is 205 cm³/mol. The number of aliphatic hydroxyl groups excluding tert-OH is 2.